The Morgan fingerprint density at radius 1 is 0.731 bits per heavy atom. The molecule has 0 amide bonds. The van der Waals surface area contributed by atoms with Gasteiger partial charge >= 0.3 is 0 Å². The number of ketones is 1. The monoisotopic (exact) mass is 368 g/mol. The summed E-state index contributed by atoms with van der Waals surface area (Å²) < 4.78 is 33.2. The van der Waals surface area contributed by atoms with Crippen molar-refractivity contribution in [1.82, 2.24) is 0 Å². The van der Waals surface area contributed by atoms with Crippen molar-refractivity contribution in [3.8, 4) is 11.5 Å². The normalized spacial score (nSPS) is 18.5. The summed E-state index contributed by atoms with van der Waals surface area (Å²) in [6.45, 7) is 6.53. The molecule has 1 heterocycles. The van der Waals surface area contributed by atoms with E-state index in [1.54, 1.807) is 18.2 Å². The standard InChI is InChI=1S/C19H28O7/c1-2-17(20)16-3-4-18-19(15-16)26-14-12-24-10-8-22-6-5-21-7-9-23-11-13-25-18/h3-4,15H,2,5-14H2,1H3. The van der Waals surface area contributed by atoms with Crippen LogP contribution in [0.2, 0.25) is 0 Å². The Labute approximate surface area is 154 Å². The van der Waals surface area contributed by atoms with Gasteiger partial charge in [0.25, 0.3) is 0 Å². The maximum atomic E-state index is 11.9. The van der Waals surface area contributed by atoms with Crippen LogP contribution >= 0.6 is 0 Å². The third-order valence-corrected chi connectivity index (χ3v) is 3.67. The summed E-state index contributed by atoms with van der Waals surface area (Å²) in [6, 6.07) is 5.23. The molecule has 0 spiro atoms. The molecule has 0 N–H and O–H groups in total. The van der Waals surface area contributed by atoms with E-state index in [2.05, 4.69) is 0 Å². The number of rotatable bonds is 2. The Hall–Kier alpha value is -1.67. The fourth-order valence-corrected chi connectivity index (χ4v) is 2.30. The largest absolute Gasteiger partial charge is 0.487 e. The minimum atomic E-state index is 0.0626. The molecule has 1 aromatic rings. The first-order chi connectivity index (χ1) is 12.8. The summed E-state index contributed by atoms with van der Waals surface area (Å²) in [7, 11) is 0. The van der Waals surface area contributed by atoms with Crippen LogP contribution in [0, 0.1) is 0 Å². The van der Waals surface area contributed by atoms with E-state index < -0.39 is 0 Å². The van der Waals surface area contributed by atoms with Gasteiger partial charge in [-0.25, -0.2) is 0 Å². The minimum absolute atomic E-state index is 0.0626. The number of benzene rings is 1. The van der Waals surface area contributed by atoms with Crippen LogP contribution in [0.4, 0.5) is 0 Å². The summed E-state index contributed by atoms with van der Waals surface area (Å²) in [5.74, 6) is 1.18. The predicted molar refractivity (Wildman–Crippen MR) is 95.3 cm³/mol. The van der Waals surface area contributed by atoms with Crippen molar-refractivity contribution >= 4 is 5.78 Å². The van der Waals surface area contributed by atoms with Crippen LogP contribution in [0.5, 0.6) is 11.5 Å². The molecule has 26 heavy (non-hydrogen) atoms. The van der Waals surface area contributed by atoms with E-state index in [-0.39, 0.29) is 5.78 Å². The molecule has 0 aromatic heterocycles. The molecule has 7 heteroatoms. The Kier molecular flexibility index (Phi) is 10.0. The van der Waals surface area contributed by atoms with E-state index in [0.29, 0.717) is 89.6 Å². The van der Waals surface area contributed by atoms with Gasteiger partial charge in [-0.05, 0) is 18.2 Å². The zero-order chi connectivity index (χ0) is 18.5. The summed E-state index contributed by atoms with van der Waals surface area (Å²) in [5.41, 5.74) is 0.611. The second-order valence-electron chi connectivity index (χ2n) is 5.58. The number of Topliss-reactive ketones (excluding diaryl/α,β-unsaturated/α-hetero) is 1. The molecule has 0 saturated carbocycles. The van der Waals surface area contributed by atoms with Gasteiger partial charge in [-0.15, -0.1) is 0 Å². The highest BCUT2D eigenvalue weighted by Crippen LogP contribution is 2.29. The number of ether oxygens (including phenoxy) is 6. The van der Waals surface area contributed by atoms with Crippen LogP contribution < -0.4 is 9.47 Å². The average Bonchev–Trinajstić information content (AvgIpc) is 2.67. The zero-order valence-corrected chi connectivity index (χ0v) is 15.4. The molecule has 0 bridgehead atoms. The molecule has 1 aliphatic rings. The fraction of sp³-hybridized carbons (Fsp3) is 0.632. The number of hydrogen-bond donors (Lipinski definition) is 0. The molecule has 2 rings (SSSR count). The van der Waals surface area contributed by atoms with E-state index in [1.807, 2.05) is 6.92 Å². The van der Waals surface area contributed by atoms with Gasteiger partial charge < -0.3 is 28.4 Å². The van der Waals surface area contributed by atoms with Crippen molar-refractivity contribution in [2.45, 2.75) is 13.3 Å². The number of carbonyl (C=O) groups excluding carboxylic acids is 1. The minimum Gasteiger partial charge on any atom is -0.487 e. The van der Waals surface area contributed by atoms with Gasteiger partial charge in [0.2, 0.25) is 0 Å². The first-order valence-corrected chi connectivity index (χ1v) is 9.05. The number of carbonyl (C=O) groups is 1. The first kappa shape index (κ1) is 20.6. The SMILES string of the molecule is CCC(=O)c1ccc2c(c1)OCCOCCOCCOCCOCCO2. The van der Waals surface area contributed by atoms with Crippen LogP contribution in [0.1, 0.15) is 23.7 Å². The predicted octanol–water partition coefficient (Wildman–Crippen LogP) is 2.12. The van der Waals surface area contributed by atoms with Gasteiger partial charge in [0.15, 0.2) is 17.3 Å². The van der Waals surface area contributed by atoms with E-state index in [0.717, 1.165) is 0 Å². The van der Waals surface area contributed by atoms with Crippen molar-refractivity contribution in [1.29, 1.82) is 0 Å². The van der Waals surface area contributed by atoms with Gasteiger partial charge in [-0.2, -0.15) is 0 Å². The van der Waals surface area contributed by atoms with Gasteiger partial charge in [0.1, 0.15) is 13.2 Å². The van der Waals surface area contributed by atoms with E-state index in [1.165, 1.54) is 0 Å². The third-order valence-electron chi connectivity index (χ3n) is 3.67. The molecule has 7 nitrogen and oxygen atoms in total. The number of fused-ring (bicyclic) bond motifs is 1. The van der Waals surface area contributed by atoms with Crippen LogP contribution in [-0.4, -0.2) is 71.9 Å². The molecule has 0 atom stereocenters. The molecule has 0 unspecified atom stereocenters. The molecule has 0 saturated heterocycles. The second kappa shape index (κ2) is 12.6. The van der Waals surface area contributed by atoms with Crippen LogP contribution in [-0.2, 0) is 18.9 Å². The average molecular weight is 368 g/mol. The van der Waals surface area contributed by atoms with Crippen molar-refractivity contribution in [3.05, 3.63) is 23.8 Å². The summed E-state index contributed by atoms with van der Waals surface area (Å²) >= 11 is 0. The van der Waals surface area contributed by atoms with E-state index in [4.69, 9.17) is 28.4 Å². The lowest BCUT2D eigenvalue weighted by atomic mass is 10.1. The smallest absolute Gasteiger partial charge is 0.162 e. The maximum Gasteiger partial charge on any atom is 0.162 e. The molecule has 1 aliphatic heterocycles. The van der Waals surface area contributed by atoms with Gasteiger partial charge in [-0.1, -0.05) is 6.92 Å². The number of hydrogen-bond acceptors (Lipinski definition) is 7. The lowest BCUT2D eigenvalue weighted by Gasteiger charge is -2.15. The summed E-state index contributed by atoms with van der Waals surface area (Å²) in [4.78, 5) is 11.9. The molecule has 146 valence electrons. The Morgan fingerprint density at radius 3 is 1.69 bits per heavy atom. The van der Waals surface area contributed by atoms with Crippen LogP contribution in [0.3, 0.4) is 0 Å². The highest BCUT2D eigenvalue weighted by molar-refractivity contribution is 5.96. The van der Waals surface area contributed by atoms with Gasteiger partial charge in [-0.3, -0.25) is 4.79 Å². The summed E-state index contributed by atoms with van der Waals surface area (Å²) in [5, 5.41) is 0. The molecule has 0 aliphatic carbocycles. The quantitative estimate of drug-likeness (QED) is 0.740. The second-order valence-corrected chi connectivity index (χ2v) is 5.58. The maximum absolute atomic E-state index is 11.9. The lowest BCUT2D eigenvalue weighted by molar-refractivity contribution is -0.00842. The van der Waals surface area contributed by atoms with Crippen LogP contribution in [0.15, 0.2) is 18.2 Å². The fourth-order valence-electron chi connectivity index (χ4n) is 2.30. The first-order valence-electron chi connectivity index (χ1n) is 9.05. The lowest BCUT2D eigenvalue weighted by Crippen LogP contribution is -2.16. The van der Waals surface area contributed by atoms with Gasteiger partial charge in [0.05, 0.1) is 52.9 Å². The summed E-state index contributed by atoms with van der Waals surface area (Å²) in [6.07, 6.45) is 0.443. The van der Waals surface area contributed by atoms with Crippen molar-refractivity contribution < 1.29 is 33.2 Å². The van der Waals surface area contributed by atoms with Crippen LogP contribution in [0.25, 0.3) is 0 Å². The topological polar surface area (TPSA) is 72.5 Å². The van der Waals surface area contributed by atoms with Crippen molar-refractivity contribution in [2.75, 3.05) is 66.1 Å². The van der Waals surface area contributed by atoms with E-state index in [9.17, 15) is 4.79 Å². The molecule has 1 aromatic carbocycles. The van der Waals surface area contributed by atoms with E-state index >= 15 is 0 Å². The highest BCUT2D eigenvalue weighted by atomic mass is 16.6. The molecule has 0 fully saturated rings. The van der Waals surface area contributed by atoms with Crippen molar-refractivity contribution in [2.24, 2.45) is 0 Å². The zero-order valence-electron chi connectivity index (χ0n) is 15.4. The molecule has 0 radical (unpaired) electrons. The Morgan fingerprint density at radius 2 is 1.19 bits per heavy atom. The van der Waals surface area contributed by atoms with Gasteiger partial charge in [0, 0.05) is 12.0 Å². The van der Waals surface area contributed by atoms with Crippen molar-refractivity contribution in [3.63, 3.8) is 0 Å². The Balaban J connectivity index is 1.95. The molecular weight excluding hydrogens is 340 g/mol. The Bertz CT molecular complexity index is 533. The molecular formula is C19H28O7. The highest BCUT2D eigenvalue weighted by Gasteiger charge is 2.11. The third kappa shape index (κ3) is 7.70.